The van der Waals surface area contributed by atoms with E-state index in [1.165, 1.54) is 38.4 Å². The highest BCUT2D eigenvalue weighted by Crippen LogP contribution is 2.24. The summed E-state index contributed by atoms with van der Waals surface area (Å²) >= 11 is 0. The number of hydrazone groups is 2. The SMILES string of the molecule is CNS(=O)(=O)c1ccc(C(C)=NNc2nc(Nc3ccccc3)nc(NN=C(C)c3ccc(S(=O)(=O)NC)cc3)c2C)cc1. The molecule has 0 aliphatic carbocycles. The first-order chi connectivity index (χ1) is 20.9. The van der Waals surface area contributed by atoms with Crippen molar-refractivity contribution in [3.63, 3.8) is 0 Å². The first-order valence-corrected chi connectivity index (χ1v) is 16.3. The molecule has 0 unspecified atom stereocenters. The van der Waals surface area contributed by atoms with Gasteiger partial charge in [0.15, 0.2) is 11.6 Å². The quantitative estimate of drug-likeness (QED) is 0.114. The number of hydrogen-bond donors (Lipinski definition) is 5. The zero-order chi connectivity index (χ0) is 31.9. The van der Waals surface area contributed by atoms with Gasteiger partial charge < -0.3 is 5.32 Å². The molecule has 15 heteroatoms. The number of rotatable bonds is 12. The van der Waals surface area contributed by atoms with Crippen LogP contribution >= 0.6 is 0 Å². The number of sulfonamides is 2. The Balaban J connectivity index is 1.62. The molecule has 0 bridgehead atoms. The second-order valence-corrected chi connectivity index (χ2v) is 13.2. The van der Waals surface area contributed by atoms with Crippen LogP contribution in [0.1, 0.15) is 30.5 Å². The lowest BCUT2D eigenvalue weighted by molar-refractivity contribution is 0.586. The van der Waals surface area contributed by atoms with Gasteiger partial charge in [0.25, 0.3) is 0 Å². The lowest BCUT2D eigenvalue weighted by Crippen LogP contribution is -2.18. The molecule has 0 fully saturated rings. The lowest BCUT2D eigenvalue weighted by Gasteiger charge is -2.14. The second kappa shape index (κ2) is 13.7. The number of aromatic nitrogens is 2. The maximum Gasteiger partial charge on any atom is 0.240 e. The van der Waals surface area contributed by atoms with Crippen LogP contribution in [-0.4, -0.2) is 52.3 Å². The Kier molecular flexibility index (Phi) is 10.1. The summed E-state index contributed by atoms with van der Waals surface area (Å²) in [6.07, 6.45) is 0. The molecule has 0 atom stereocenters. The average molecular weight is 636 g/mol. The molecule has 13 nitrogen and oxygen atoms in total. The molecule has 4 aromatic rings. The van der Waals surface area contributed by atoms with Crippen LogP contribution in [0, 0.1) is 6.92 Å². The molecule has 3 aromatic carbocycles. The van der Waals surface area contributed by atoms with Crippen LogP contribution in [0.15, 0.2) is 98.9 Å². The fraction of sp³-hybridized carbons (Fsp3) is 0.172. The van der Waals surface area contributed by atoms with E-state index in [0.717, 1.165) is 5.69 Å². The van der Waals surface area contributed by atoms with Gasteiger partial charge in [-0.25, -0.2) is 26.3 Å². The minimum atomic E-state index is -3.55. The van der Waals surface area contributed by atoms with Crippen molar-refractivity contribution in [3.05, 3.63) is 95.6 Å². The molecule has 5 N–H and O–H groups in total. The van der Waals surface area contributed by atoms with Crippen LogP contribution in [0.4, 0.5) is 23.3 Å². The van der Waals surface area contributed by atoms with Crippen molar-refractivity contribution >= 4 is 54.7 Å². The van der Waals surface area contributed by atoms with Crippen LogP contribution in [-0.2, 0) is 20.0 Å². The maximum atomic E-state index is 12.0. The van der Waals surface area contributed by atoms with E-state index in [1.54, 1.807) is 38.1 Å². The number of nitrogens with zero attached hydrogens (tertiary/aromatic N) is 4. The molecular formula is C29H33N9O4S2. The van der Waals surface area contributed by atoms with Gasteiger partial charge in [-0.05, 0) is 82.4 Å². The zero-order valence-corrected chi connectivity index (χ0v) is 26.4. The summed E-state index contributed by atoms with van der Waals surface area (Å²) in [6, 6.07) is 22.1. The van der Waals surface area contributed by atoms with Gasteiger partial charge in [-0.3, -0.25) is 10.9 Å². The fourth-order valence-electron chi connectivity index (χ4n) is 3.83. The molecule has 1 aromatic heterocycles. The van der Waals surface area contributed by atoms with Crippen LogP contribution < -0.4 is 25.6 Å². The Labute approximate surface area is 257 Å². The standard InChI is InChI=1S/C29H33N9O4S2/c1-19-27(37-35-20(2)22-11-15-25(16-12-22)43(39,40)30-4)33-29(32-24-9-7-6-8-10-24)34-28(19)38-36-21(3)23-13-17-26(18-14-23)44(41,42)31-5/h6-18,30-31H,1-5H3,(H3,32,33,34,37,38). The third kappa shape index (κ3) is 7.82. The van der Waals surface area contributed by atoms with Gasteiger partial charge in [-0.2, -0.15) is 20.2 Å². The Hall–Kier alpha value is -4.70. The van der Waals surface area contributed by atoms with Gasteiger partial charge >= 0.3 is 0 Å². The molecule has 0 saturated carbocycles. The van der Waals surface area contributed by atoms with E-state index in [-0.39, 0.29) is 15.7 Å². The van der Waals surface area contributed by atoms with E-state index in [0.29, 0.717) is 39.7 Å². The number of para-hydroxylation sites is 1. The van der Waals surface area contributed by atoms with E-state index in [9.17, 15) is 16.8 Å². The minimum absolute atomic E-state index is 0.151. The van der Waals surface area contributed by atoms with Crippen LogP contribution in [0.5, 0.6) is 0 Å². The Morgan fingerprint density at radius 2 is 1.05 bits per heavy atom. The normalized spacial score (nSPS) is 12.6. The van der Waals surface area contributed by atoms with Gasteiger partial charge in [-0.1, -0.05) is 42.5 Å². The molecule has 0 aliphatic rings. The third-order valence-electron chi connectivity index (χ3n) is 6.54. The molecule has 1 heterocycles. The molecule has 44 heavy (non-hydrogen) atoms. The number of anilines is 4. The van der Waals surface area contributed by atoms with Crippen molar-refractivity contribution in [2.75, 3.05) is 30.3 Å². The lowest BCUT2D eigenvalue weighted by atomic mass is 10.1. The van der Waals surface area contributed by atoms with Crippen molar-refractivity contribution in [2.45, 2.75) is 30.6 Å². The molecule has 0 aliphatic heterocycles. The predicted molar refractivity (Wildman–Crippen MR) is 174 cm³/mol. The predicted octanol–water partition coefficient (Wildman–Crippen LogP) is 4.02. The van der Waals surface area contributed by atoms with E-state index in [4.69, 9.17) is 0 Å². The molecule has 230 valence electrons. The van der Waals surface area contributed by atoms with E-state index in [1.807, 2.05) is 37.3 Å². The summed E-state index contributed by atoms with van der Waals surface area (Å²) in [5, 5.41) is 12.1. The summed E-state index contributed by atoms with van der Waals surface area (Å²) in [5.74, 6) is 1.10. The molecule has 0 saturated heterocycles. The van der Waals surface area contributed by atoms with E-state index >= 15 is 0 Å². The Morgan fingerprint density at radius 3 is 1.43 bits per heavy atom. The zero-order valence-electron chi connectivity index (χ0n) is 24.7. The third-order valence-corrected chi connectivity index (χ3v) is 9.40. The van der Waals surface area contributed by atoms with Crippen molar-refractivity contribution < 1.29 is 16.8 Å². The van der Waals surface area contributed by atoms with Crippen LogP contribution in [0.2, 0.25) is 0 Å². The molecule has 4 rings (SSSR count). The minimum Gasteiger partial charge on any atom is -0.324 e. The molecule has 0 amide bonds. The highest BCUT2D eigenvalue weighted by Gasteiger charge is 2.14. The highest BCUT2D eigenvalue weighted by atomic mass is 32.2. The largest absolute Gasteiger partial charge is 0.324 e. The Morgan fingerprint density at radius 1 is 0.636 bits per heavy atom. The highest BCUT2D eigenvalue weighted by molar-refractivity contribution is 7.89. The number of hydrogen-bond acceptors (Lipinski definition) is 11. The summed E-state index contributed by atoms with van der Waals surface area (Å²) in [6.45, 7) is 5.38. The smallest absolute Gasteiger partial charge is 0.240 e. The summed E-state index contributed by atoms with van der Waals surface area (Å²) in [4.78, 5) is 9.50. The van der Waals surface area contributed by atoms with Crippen molar-refractivity contribution in [1.82, 2.24) is 19.4 Å². The van der Waals surface area contributed by atoms with Crippen LogP contribution in [0.25, 0.3) is 0 Å². The monoisotopic (exact) mass is 635 g/mol. The van der Waals surface area contributed by atoms with Gasteiger partial charge in [0, 0.05) is 11.3 Å². The maximum absolute atomic E-state index is 12.0. The molecule has 0 spiro atoms. The summed E-state index contributed by atoms with van der Waals surface area (Å²) < 4.78 is 52.8. The number of nitrogens with one attached hydrogen (secondary N) is 5. The molecule has 0 radical (unpaired) electrons. The fourth-order valence-corrected chi connectivity index (χ4v) is 5.29. The average Bonchev–Trinajstić information content (AvgIpc) is 3.04. The first-order valence-electron chi connectivity index (χ1n) is 13.3. The summed E-state index contributed by atoms with van der Waals surface area (Å²) in [7, 11) is -4.38. The van der Waals surface area contributed by atoms with Gasteiger partial charge in [0.05, 0.1) is 21.2 Å². The van der Waals surface area contributed by atoms with Gasteiger partial charge in [0.2, 0.25) is 26.0 Å². The Bertz CT molecular complexity index is 1780. The molecular weight excluding hydrogens is 603 g/mol. The van der Waals surface area contributed by atoms with E-state index in [2.05, 4.69) is 45.8 Å². The van der Waals surface area contributed by atoms with Crippen LogP contribution in [0.3, 0.4) is 0 Å². The van der Waals surface area contributed by atoms with Crippen molar-refractivity contribution in [1.29, 1.82) is 0 Å². The number of benzene rings is 3. The second-order valence-electron chi connectivity index (χ2n) is 9.44. The van der Waals surface area contributed by atoms with Gasteiger partial charge in [-0.15, -0.1) is 0 Å². The van der Waals surface area contributed by atoms with Gasteiger partial charge in [0.1, 0.15) is 0 Å². The topological polar surface area (TPSA) is 179 Å². The summed E-state index contributed by atoms with van der Waals surface area (Å²) in [5.41, 5.74) is 10.0. The van der Waals surface area contributed by atoms with Crippen molar-refractivity contribution in [3.8, 4) is 0 Å². The first kappa shape index (κ1) is 32.2. The van der Waals surface area contributed by atoms with E-state index < -0.39 is 20.0 Å². The van der Waals surface area contributed by atoms with Crippen molar-refractivity contribution in [2.24, 2.45) is 10.2 Å².